The van der Waals surface area contributed by atoms with Crippen LogP contribution in [0.4, 0.5) is 0 Å². The minimum atomic E-state index is -3.45. The lowest BCUT2D eigenvalue weighted by atomic mass is 9.94. The first-order valence-electron chi connectivity index (χ1n) is 9.56. The molecule has 0 N–H and O–H groups in total. The van der Waals surface area contributed by atoms with Crippen LogP contribution in [-0.2, 0) is 31.2 Å². The van der Waals surface area contributed by atoms with Gasteiger partial charge in [0.05, 0.1) is 17.2 Å². The number of carbonyl (C=O) groups excluding carboxylic acids is 2. The zero-order chi connectivity index (χ0) is 23.5. The highest BCUT2D eigenvalue weighted by Gasteiger charge is 2.27. The molecule has 0 bridgehead atoms. The van der Waals surface area contributed by atoms with Crippen molar-refractivity contribution in [2.24, 2.45) is 7.05 Å². The van der Waals surface area contributed by atoms with Crippen molar-refractivity contribution in [1.29, 1.82) is 0 Å². The van der Waals surface area contributed by atoms with Gasteiger partial charge in [-0.3, -0.25) is 4.79 Å². The lowest BCUT2D eigenvalue weighted by Gasteiger charge is -2.15. The van der Waals surface area contributed by atoms with Gasteiger partial charge in [0.1, 0.15) is 12.2 Å². The molecule has 0 spiro atoms. The molecule has 0 fully saturated rings. The molecule has 2 rings (SSSR count). The lowest BCUT2D eigenvalue weighted by molar-refractivity contribution is -0.147. The Morgan fingerprint density at radius 3 is 2.32 bits per heavy atom. The van der Waals surface area contributed by atoms with Crippen molar-refractivity contribution in [2.45, 2.75) is 32.6 Å². The molecule has 9 nitrogen and oxygen atoms in total. The highest BCUT2D eigenvalue weighted by Crippen LogP contribution is 2.31. The number of ketones is 1. The Kier molecular flexibility index (Phi) is 7.61. The predicted molar refractivity (Wildman–Crippen MR) is 113 cm³/mol. The minimum Gasteiger partial charge on any atom is -0.465 e. The molecule has 1 heterocycles. The van der Waals surface area contributed by atoms with Gasteiger partial charge in [0, 0.05) is 26.0 Å². The number of aryl methyl sites for hydroxylation is 3. The maximum Gasteiger partial charge on any atom is 0.344 e. The molecule has 0 aliphatic carbocycles. The van der Waals surface area contributed by atoms with Crippen LogP contribution in [-0.4, -0.2) is 63.1 Å². The van der Waals surface area contributed by atoms with E-state index in [1.54, 1.807) is 40.8 Å². The van der Waals surface area contributed by atoms with Crippen molar-refractivity contribution in [1.82, 2.24) is 9.78 Å². The fourth-order valence-corrected chi connectivity index (χ4v) is 4.82. The summed E-state index contributed by atoms with van der Waals surface area (Å²) in [7, 11) is -0.349. The Morgan fingerprint density at radius 2 is 1.74 bits per heavy atom. The topological polar surface area (TPSA) is 114 Å². The van der Waals surface area contributed by atoms with Crippen molar-refractivity contribution in [3.63, 3.8) is 0 Å². The maximum atomic E-state index is 13.4. The largest absolute Gasteiger partial charge is 0.465 e. The molecule has 0 radical (unpaired) electrons. The summed E-state index contributed by atoms with van der Waals surface area (Å²) in [5.41, 5.74) is 2.56. The number of aromatic nitrogens is 2. The molecule has 0 saturated heterocycles. The summed E-state index contributed by atoms with van der Waals surface area (Å²) < 4.78 is 41.1. The van der Waals surface area contributed by atoms with Gasteiger partial charge >= 0.3 is 5.97 Å². The Labute approximate surface area is 182 Å². The zero-order valence-corrected chi connectivity index (χ0v) is 19.7. The quantitative estimate of drug-likeness (QED) is 0.322. The van der Waals surface area contributed by atoms with E-state index in [9.17, 15) is 18.0 Å². The third-order valence-electron chi connectivity index (χ3n) is 4.92. The van der Waals surface area contributed by atoms with Crippen molar-refractivity contribution in [3.8, 4) is 5.88 Å². The number of ether oxygens (including phenoxy) is 3. The molecule has 10 heteroatoms. The Bertz CT molecular complexity index is 1120. The van der Waals surface area contributed by atoms with E-state index >= 15 is 0 Å². The average molecular weight is 453 g/mol. The summed E-state index contributed by atoms with van der Waals surface area (Å²) in [5.74, 6) is -0.833. The second kappa shape index (κ2) is 9.61. The van der Waals surface area contributed by atoms with E-state index in [4.69, 9.17) is 14.2 Å². The summed E-state index contributed by atoms with van der Waals surface area (Å²) in [4.78, 5) is 25.5. The summed E-state index contributed by atoms with van der Waals surface area (Å²) in [6.07, 6.45) is 1.15. The second-order valence-electron chi connectivity index (χ2n) is 7.31. The van der Waals surface area contributed by atoms with E-state index in [0.29, 0.717) is 27.9 Å². The highest BCUT2D eigenvalue weighted by atomic mass is 32.2. The molecular weight excluding hydrogens is 424 g/mol. The van der Waals surface area contributed by atoms with Gasteiger partial charge in [-0.25, -0.2) is 17.9 Å². The minimum absolute atomic E-state index is 0.0966. The van der Waals surface area contributed by atoms with E-state index in [-0.39, 0.29) is 35.3 Å². The number of benzene rings is 1. The van der Waals surface area contributed by atoms with Gasteiger partial charge in [-0.05, 0) is 50.5 Å². The van der Waals surface area contributed by atoms with Gasteiger partial charge in [-0.1, -0.05) is 0 Å². The molecule has 0 aliphatic heterocycles. The fourth-order valence-electron chi connectivity index (χ4n) is 3.47. The molecule has 2 aromatic rings. The molecule has 0 saturated carbocycles. The van der Waals surface area contributed by atoms with Gasteiger partial charge in [0.2, 0.25) is 11.7 Å². The van der Waals surface area contributed by atoms with Gasteiger partial charge in [-0.15, -0.1) is 0 Å². The summed E-state index contributed by atoms with van der Waals surface area (Å²) in [6.45, 7) is 6.67. The monoisotopic (exact) mass is 452 g/mol. The van der Waals surface area contributed by atoms with E-state index in [1.165, 1.54) is 11.8 Å². The van der Waals surface area contributed by atoms with Crippen LogP contribution in [0.25, 0.3) is 0 Å². The Balaban J connectivity index is 2.42. The number of carbonyl (C=O) groups is 2. The van der Waals surface area contributed by atoms with Crippen molar-refractivity contribution in [2.75, 3.05) is 33.2 Å². The number of esters is 1. The number of methoxy groups -OCH3 is 1. The molecule has 0 aliphatic rings. The van der Waals surface area contributed by atoms with E-state index < -0.39 is 22.4 Å². The van der Waals surface area contributed by atoms with E-state index in [0.717, 1.165) is 6.26 Å². The van der Waals surface area contributed by atoms with Gasteiger partial charge in [-0.2, -0.15) is 5.10 Å². The molecule has 31 heavy (non-hydrogen) atoms. The summed E-state index contributed by atoms with van der Waals surface area (Å²) in [5, 5.41) is 4.25. The molecule has 0 atom stereocenters. The normalized spacial score (nSPS) is 11.5. The van der Waals surface area contributed by atoms with Gasteiger partial charge in [0.25, 0.3) is 0 Å². The maximum absolute atomic E-state index is 13.4. The van der Waals surface area contributed by atoms with Crippen molar-refractivity contribution < 1.29 is 32.2 Å². The number of hydrogen-bond donors (Lipinski definition) is 0. The summed E-state index contributed by atoms with van der Waals surface area (Å²) >= 11 is 0. The Hall–Kier alpha value is -2.72. The van der Waals surface area contributed by atoms with E-state index in [1.807, 2.05) is 0 Å². The zero-order valence-electron chi connectivity index (χ0n) is 18.9. The standard InChI is InChI=1S/C21H28N2O7S/c1-12-10-16(13(2)14(3)20(12)31(7,26)27)19(25)18-15(4)22-23(5)21(18)30-11-17(24)29-9-8-28-6/h10H,8-9,11H2,1-7H3. The van der Waals surface area contributed by atoms with Crippen LogP contribution >= 0.6 is 0 Å². The third-order valence-corrected chi connectivity index (χ3v) is 6.29. The van der Waals surface area contributed by atoms with Crippen LogP contribution in [0.15, 0.2) is 11.0 Å². The van der Waals surface area contributed by atoms with Crippen LogP contribution in [0.3, 0.4) is 0 Å². The van der Waals surface area contributed by atoms with Gasteiger partial charge < -0.3 is 14.2 Å². The fraction of sp³-hybridized carbons (Fsp3) is 0.476. The number of nitrogens with zero attached hydrogens (tertiary/aromatic N) is 2. The predicted octanol–water partition coefficient (Wildman–Crippen LogP) is 1.86. The summed E-state index contributed by atoms with van der Waals surface area (Å²) in [6, 6.07) is 1.57. The van der Waals surface area contributed by atoms with Crippen LogP contribution in [0, 0.1) is 27.7 Å². The SMILES string of the molecule is COCCOC(=O)COc1c(C(=O)c2cc(C)c(S(C)(=O)=O)c(C)c2C)c(C)nn1C. The first-order valence-corrected chi connectivity index (χ1v) is 11.5. The molecule has 1 aromatic carbocycles. The molecular formula is C21H28N2O7S. The molecule has 0 unspecified atom stereocenters. The first-order chi connectivity index (χ1) is 14.4. The average Bonchev–Trinajstić information content (AvgIpc) is 2.94. The smallest absolute Gasteiger partial charge is 0.344 e. The molecule has 0 amide bonds. The highest BCUT2D eigenvalue weighted by molar-refractivity contribution is 7.90. The van der Waals surface area contributed by atoms with Crippen molar-refractivity contribution >= 4 is 21.6 Å². The second-order valence-corrected chi connectivity index (χ2v) is 9.27. The van der Waals surface area contributed by atoms with Crippen LogP contribution < -0.4 is 4.74 Å². The molecule has 170 valence electrons. The first kappa shape index (κ1) is 24.5. The van der Waals surface area contributed by atoms with E-state index in [2.05, 4.69) is 5.10 Å². The third kappa shape index (κ3) is 5.31. The number of sulfone groups is 1. The molecule has 1 aromatic heterocycles. The van der Waals surface area contributed by atoms with Gasteiger partial charge in [0.15, 0.2) is 16.4 Å². The van der Waals surface area contributed by atoms with Crippen LogP contribution in [0.1, 0.15) is 38.3 Å². The van der Waals surface area contributed by atoms with Crippen molar-refractivity contribution in [3.05, 3.63) is 39.6 Å². The van der Waals surface area contributed by atoms with Crippen LogP contribution in [0.2, 0.25) is 0 Å². The van der Waals surface area contributed by atoms with Crippen LogP contribution in [0.5, 0.6) is 5.88 Å². The lowest BCUT2D eigenvalue weighted by Crippen LogP contribution is -2.19. The number of hydrogen-bond acceptors (Lipinski definition) is 8. The number of rotatable bonds is 9. The Morgan fingerprint density at radius 1 is 1.10 bits per heavy atom.